The highest BCUT2D eigenvalue weighted by Gasteiger charge is 2.17. The van der Waals surface area contributed by atoms with Crippen LogP contribution in [0.3, 0.4) is 0 Å². The second kappa shape index (κ2) is 9.12. The molecule has 0 aliphatic carbocycles. The highest BCUT2D eigenvalue weighted by molar-refractivity contribution is 7.99. The lowest BCUT2D eigenvalue weighted by atomic mass is 10.1. The minimum Gasteiger partial charge on any atom is -0.481 e. The van der Waals surface area contributed by atoms with Gasteiger partial charge in [0.05, 0.1) is 24.5 Å². The lowest BCUT2D eigenvalue weighted by molar-refractivity contribution is -0.113. The number of thioether (sulfide) groups is 1. The van der Waals surface area contributed by atoms with E-state index in [1.54, 1.807) is 0 Å². The van der Waals surface area contributed by atoms with E-state index in [0.717, 1.165) is 28.6 Å². The van der Waals surface area contributed by atoms with Crippen molar-refractivity contribution in [3.05, 3.63) is 69.1 Å². The third kappa shape index (κ3) is 5.06. The van der Waals surface area contributed by atoms with E-state index in [9.17, 15) is 14.9 Å². The maximum atomic E-state index is 12.4. The van der Waals surface area contributed by atoms with Crippen molar-refractivity contribution < 1.29 is 9.53 Å². The van der Waals surface area contributed by atoms with Crippen LogP contribution in [0.2, 0.25) is 0 Å². The number of nitrogens with one attached hydrogen (secondary N) is 3. The first-order chi connectivity index (χ1) is 14.0. The molecule has 2 aromatic heterocycles. The normalized spacial score (nSPS) is 10.4. The van der Waals surface area contributed by atoms with Crippen LogP contribution in [0.5, 0.6) is 5.88 Å². The topological polar surface area (TPSA) is 124 Å². The van der Waals surface area contributed by atoms with Crippen molar-refractivity contribution in [1.82, 2.24) is 15.0 Å². The maximum Gasteiger partial charge on any atom is 0.255 e. The van der Waals surface area contributed by atoms with E-state index in [4.69, 9.17) is 4.74 Å². The van der Waals surface area contributed by atoms with Gasteiger partial charge in [0.2, 0.25) is 11.8 Å². The number of carbonyl (C=O) groups is 1. The van der Waals surface area contributed by atoms with Crippen molar-refractivity contribution in [2.24, 2.45) is 0 Å². The summed E-state index contributed by atoms with van der Waals surface area (Å²) in [7, 11) is 1.41. The third-order valence-electron chi connectivity index (χ3n) is 4.20. The molecule has 0 atom stereocenters. The molecule has 0 aliphatic heterocycles. The van der Waals surface area contributed by atoms with Gasteiger partial charge in [-0.2, -0.15) is 10.2 Å². The number of carbonyl (C=O) groups excluding carboxylic acids is 1. The first-order valence-electron chi connectivity index (χ1n) is 8.73. The molecule has 0 bridgehead atoms. The summed E-state index contributed by atoms with van der Waals surface area (Å²) >= 11 is 1.06. The maximum absolute atomic E-state index is 12.4. The molecular formula is C20H19N5O3S. The predicted molar refractivity (Wildman–Crippen MR) is 110 cm³/mol. The van der Waals surface area contributed by atoms with Gasteiger partial charge in [0.15, 0.2) is 5.16 Å². The zero-order valence-corrected chi connectivity index (χ0v) is 16.7. The molecular weight excluding hydrogens is 390 g/mol. The van der Waals surface area contributed by atoms with Gasteiger partial charge in [0, 0.05) is 12.1 Å². The Morgan fingerprint density at radius 3 is 2.76 bits per heavy atom. The van der Waals surface area contributed by atoms with Crippen LogP contribution in [0.1, 0.15) is 22.4 Å². The van der Waals surface area contributed by atoms with Crippen LogP contribution in [0.15, 0.2) is 46.3 Å². The molecule has 3 aromatic rings. The minimum absolute atomic E-state index is 0.00701. The molecule has 3 N–H and O–H groups in total. The Bertz CT molecular complexity index is 1120. The van der Waals surface area contributed by atoms with Crippen LogP contribution in [0.4, 0.5) is 5.82 Å². The summed E-state index contributed by atoms with van der Waals surface area (Å²) in [5.74, 6) is 0.222. The quantitative estimate of drug-likeness (QED) is 0.407. The summed E-state index contributed by atoms with van der Waals surface area (Å²) < 4.78 is 4.95. The van der Waals surface area contributed by atoms with Gasteiger partial charge < -0.3 is 20.0 Å². The number of aromatic nitrogens is 3. The molecule has 29 heavy (non-hydrogen) atoms. The van der Waals surface area contributed by atoms with Crippen LogP contribution in [0.25, 0.3) is 0 Å². The standard InChI is InChI=1S/C20H19N5O3S/c1-12-14(10-21)19(22-15(12)8-13-6-4-3-5-7-13)23-17(27)11-29-20-24-16(26)9-18(25-20)28-2/h3-7,9,22H,8,11H2,1-2H3,(H,23,27)(H,24,25,26). The lowest BCUT2D eigenvalue weighted by Crippen LogP contribution is -2.16. The lowest BCUT2D eigenvalue weighted by Gasteiger charge is -2.05. The van der Waals surface area contributed by atoms with Crippen molar-refractivity contribution in [1.29, 1.82) is 5.26 Å². The van der Waals surface area contributed by atoms with Gasteiger partial charge >= 0.3 is 0 Å². The summed E-state index contributed by atoms with van der Waals surface area (Å²) in [4.78, 5) is 33.7. The third-order valence-corrected chi connectivity index (χ3v) is 5.07. The van der Waals surface area contributed by atoms with Crippen molar-refractivity contribution in [2.75, 3.05) is 18.2 Å². The zero-order chi connectivity index (χ0) is 20.8. The number of hydrogen-bond acceptors (Lipinski definition) is 6. The number of H-pyrrole nitrogens is 2. The Hall–Kier alpha value is -3.51. The first-order valence-corrected chi connectivity index (χ1v) is 9.72. The number of nitriles is 1. The highest BCUT2D eigenvalue weighted by Crippen LogP contribution is 2.24. The van der Waals surface area contributed by atoms with Crippen molar-refractivity contribution in [2.45, 2.75) is 18.5 Å². The molecule has 9 heteroatoms. The number of ether oxygens (including phenoxy) is 1. The molecule has 0 saturated carbocycles. The van der Waals surface area contributed by atoms with Crippen LogP contribution < -0.4 is 15.6 Å². The van der Waals surface area contributed by atoms with Gasteiger partial charge in [0.25, 0.3) is 5.56 Å². The zero-order valence-electron chi connectivity index (χ0n) is 15.9. The molecule has 1 amide bonds. The van der Waals surface area contributed by atoms with E-state index in [2.05, 4.69) is 26.3 Å². The van der Waals surface area contributed by atoms with Crippen LogP contribution in [-0.2, 0) is 11.2 Å². The van der Waals surface area contributed by atoms with Gasteiger partial charge in [0.1, 0.15) is 11.9 Å². The second-order valence-electron chi connectivity index (χ2n) is 6.18. The number of amides is 1. The number of nitrogens with zero attached hydrogens (tertiary/aromatic N) is 2. The Kier molecular flexibility index (Phi) is 6.36. The van der Waals surface area contributed by atoms with Crippen molar-refractivity contribution in [3.8, 4) is 11.9 Å². The molecule has 0 unspecified atom stereocenters. The Balaban J connectivity index is 1.70. The van der Waals surface area contributed by atoms with E-state index < -0.39 is 0 Å². The fourth-order valence-electron chi connectivity index (χ4n) is 2.75. The molecule has 1 aromatic carbocycles. The molecule has 148 valence electrons. The number of rotatable bonds is 7. The van der Waals surface area contributed by atoms with Gasteiger partial charge in [-0.05, 0) is 18.1 Å². The van der Waals surface area contributed by atoms with E-state index in [1.165, 1.54) is 13.2 Å². The summed E-state index contributed by atoms with van der Waals surface area (Å²) in [5.41, 5.74) is 2.81. The molecule has 0 spiro atoms. The summed E-state index contributed by atoms with van der Waals surface area (Å²) in [5, 5.41) is 12.5. The Labute approximate surface area is 171 Å². The number of aromatic amines is 2. The molecule has 8 nitrogen and oxygen atoms in total. The SMILES string of the molecule is COc1cc(=O)[nH]c(SCC(=O)Nc2[nH]c(Cc3ccccc3)c(C)c2C#N)n1. The highest BCUT2D eigenvalue weighted by atomic mass is 32.2. The van der Waals surface area contributed by atoms with Crippen LogP contribution in [0, 0.1) is 18.3 Å². The summed E-state index contributed by atoms with van der Waals surface area (Å²) in [6, 6.07) is 13.2. The van der Waals surface area contributed by atoms with E-state index >= 15 is 0 Å². The molecule has 2 heterocycles. The number of anilines is 1. The number of methoxy groups -OCH3 is 1. The van der Waals surface area contributed by atoms with Gasteiger partial charge in [-0.1, -0.05) is 42.1 Å². The van der Waals surface area contributed by atoms with Crippen molar-refractivity contribution in [3.63, 3.8) is 0 Å². The average molecular weight is 409 g/mol. The van der Waals surface area contributed by atoms with E-state index in [-0.39, 0.29) is 28.3 Å². The minimum atomic E-state index is -0.364. The fourth-order valence-corrected chi connectivity index (χ4v) is 3.42. The summed E-state index contributed by atoms with van der Waals surface area (Å²) in [6.07, 6.45) is 0.626. The smallest absolute Gasteiger partial charge is 0.255 e. The average Bonchev–Trinajstić information content (AvgIpc) is 3.00. The molecule has 0 saturated heterocycles. The first kappa shape index (κ1) is 20.2. The van der Waals surface area contributed by atoms with Gasteiger partial charge in [-0.25, -0.2) is 0 Å². The van der Waals surface area contributed by atoms with E-state index in [0.29, 0.717) is 17.8 Å². The van der Waals surface area contributed by atoms with Crippen LogP contribution in [-0.4, -0.2) is 33.7 Å². The fraction of sp³-hybridized carbons (Fsp3) is 0.200. The molecule has 3 rings (SSSR count). The number of hydrogen-bond donors (Lipinski definition) is 3. The van der Waals surface area contributed by atoms with E-state index in [1.807, 2.05) is 37.3 Å². The van der Waals surface area contributed by atoms with Gasteiger partial charge in [-0.3, -0.25) is 9.59 Å². The largest absolute Gasteiger partial charge is 0.481 e. The Morgan fingerprint density at radius 1 is 1.31 bits per heavy atom. The monoisotopic (exact) mass is 409 g/mol. The molecule has 0 fully saturated rings. The molecule has 0 radical (unpaired) electrons. The predicted octanol–water partition coefficient (Wildman–Crippen LogP) is 2.61. The van der Waals surface area contributed by atoms with Crippen molar-refractivity contribution >= 4 is 23.5 Å². The second-order valence-corrected chi connectivity index (χ2v) is 7.15. The number of benzene rings is 1. The van der Waals surface area contributed by atoms with Crippen LogP contribution >= 0.6 is 11.8 Å². The Morgan fingerprint density at radius 2 is 2.07 bits per heavy atom. The molecule has 0 aliphatic rings. The van der Waals surface area contributed by atoms with Gasteiger partial charge in [-0.15, -0.1) is 0 Å². The summed E-state index contributed by atoms with van der Waals surface area (Å²) in [6.45, 7) is 1.85.